The van der Waals surface area contributed by atoms with E-state index in [1.807, 2.05) is 13.8 Å². The summed E-state index contributed by atoms with van der Waals surface area (Å²) in [5.74, 6) is 2.01. The van der Waals surface area contributed by atoms with Gasteiger partial charge in [0.15, 0.2) is 0 Å². The Morgan fingerprint density at radius 1 is 0.842 bits per heavy atom. The van der Waals surface area contributed by atoms with Crippen LogP contribution in [-0.2, 0) is 0 Å². The predicted molar refractivity (Wildman–Crippen MR) is 93.8 cm³/mol. The maximum atomic E-state index is 3.00. The molecule has 1 saturated carbocycles. The molecule has 0 N–H and O–H groups in total. The van der Waals surface area contributed by atoms with Gasteiger partial charge in [-0.2, -0.15) is 0 Å². The van der Waals surface area contributed by atoms with Crippen LogP contribution in [0.3, 0.4) is 0 Å². The molecule has 19 heavy (non-hydrogen) atoms. The van der Waals surface area contributed by atoms with Crippen LogP contribution in [0.15, 0.2) is 13.2 Å². The van der Waals surface area contributed by atoms with E-state index in [0.29, 0.717) is 0 Å². The summed E-state index contributed by atoms with van der Waals surface area (Å²) in [7, 11) is 0. The third-order valence-corrected chi connectivity index (χ3v) is 3.55. The zero-order valence-electron chi connectivity index (χ0n) is 14.9. The van der Waals surface area contributed by atoms with Crippen LogP contribution in [0.5, 0.6) is 0 Å². The van der Waals surface area contributed by atoms with Gasteiger partial charge >= 0.3 is 0 Å². The molecule has 0 unspecified atom stereocenters. The number of hydrogen-bond donors (Lipinski definition) is 0. The van der Waals surface area contributed by atoms with Gasteiger partial charge in [-0.15, -0.1) is 13.2 Å². The van der Waals surface area contributed by atoms with Crippen molar-refractivity contribution in [2.45, 2.75) is 99.3 Å². The Kier molecular flexibility index (Phi) is 28.7. The second-order valence-corrected chi connectivity index (χ2v) is 5.35. The topological polar surface area (TPSA) is 0 Å². The van der Waals surface area contributed by atoms with Crippen LogP contribution in [-0.4, -0.2) is 0 Å². The molecule has 0 saturated heterocycles. The first-order chi connectivity index (χ1) is 9.22. The summed E-state index contributed by atoms with van der Waals surface area (Å²) in [6.07, 6.45) is 13.0. The summed E-state index contributed by atoms with van der Waals surface area (Å²) in [5.41, 5.74) is 0. The highest BCUT2D eigenvalue weighted by Crippen LogP contribution is 2.30. The summed E-state index contributed by atoms with van der Waals surface area (Å²) in [6, 6.07) is 0. The molecule has 0 aliphatic heterocycles. The fraction of sp³-hybridized carbons (Fsp3) is 0.895. The zero-order valence-corrected chi connectivity index (χ0v) is 14.9. The fourth-order valence-electron chi connectivity index (χ4n) is 2.30. The van der Waals surface area contributed by atoms with Crippen LogP contribution in [0.2, 0.25) is 0 Å². The molecule has 0 bridgehead atoms. The summed E-state index contributed by atoms with van der Waals surface area (Å²) in [4.78, 5) is 0. The third kappa shape index (κ3) is 20.2. The molecule has 0 spiro atoms. The Labute approximate surface area is 125 Å². The number of unbranched alkanes of at least 4 members (excludes halogenated alkanes) is 4. The third-order valence-electron chi connectivity index (χ3n) is 3.55. The minimum absolute atomic E-state index is 0.942. The van der Waals surface area contributed by atoms with Gasteiger partial charge in [-0.3, -0.25) is 0 Å². The van der Waals surface area contributed by atoms with Gasteiger partial charge in [-0.1, -0.05) is 99.3 Å². The second-order valence-electron chi connectivity index (χ2n) is 5.35. The van der Waals surface area contributed by atoms with Gasteiger partial charge in [-0.25, -0.2) is 0 Å². The highest BCUT2D eigenvalue weighted by Gasteiger charge is 2.17. The lowest BCUT2D eigenvalue weighted by Gasteiger charge is -2.11. The molecule has 0 radical (unpaired) electrons. The molecule has 0 heterocycles. The molecule has 1 fully saturated rings. The molecule has 0 atom stereocenters. The van der Waals surface area contributed by atoms with Crippen molar-refractivity contribution < 1.29 is 0 Å². The maximum Gasteiger partial charge on any atom is -0.0391 e. The predicted octanol–water partition coefficient (Wildman–Crippen LogP) is 7.64. The lowest BCUT2D eigenvalue weighted by molar-refractivity contribution is 0.396. The summed E-state index contributed by atoms with van der Waals surface area (Å²) in [5, 5.41) is 0. The van der Waals surface area contributed by atoms with E-state index in [1.54, 1.807) is 0 Å². The van der Waals surface area contributed by atoms with Crippen LogP contribution in [0.1, 0.15) is 99.3 Å². The summed E-state index contributed by atoms with van der Waals surface area (Å²) < 4.78 is 0. The molecule has 0 nitrogen and oxygen atoms in total. The Bertz CT molecular complexity index is 116. The van der Waals surface area contributed by atoms with Crippen molar-refractivity contribution in [1.29, 1.82) is 0 Å². The SMILES string of the molecule is C=C.CC.CC(C)C1CCCC1.CCCCCCC. The van der Waals surface area contributed by atoms with Crippen LogP contribution >= 0.6 is 0 Å². The van der Waals surface area contributed by atoms with E-state index in [2.05, 4.69) is 40.9 Å². The number of rotatable bonds is 5. The van der Waals surface area contributed by atoms with Gasteiger partial charge in [0.25, 0.3) is 0 Å². The minimum atomic E-state index is 0.942. The largest absolute Gasteiger partial charge is 0.106 e. The fourth-order valence-corrected chi connectivity index (χ4v) is 2.30. The van der Waals surface area contributed by atoms with Crippen molar-refractivity contribution in [3.05, 3.63) is 13.2 Å². The molecule has 1 aliphatic carbocycles. The quantitative estimate of drug-likeness (QED) is 0.355. The molecule has 1 rings (SSSR count). The van der Waals surface area contributed by atoms with Crippen LogP contribution in [0.4, 0.5) is 0 Å². The monoisotopic (exact) mass is 270 g/mol. The van der Waals surface area contributed by atoms with E-state index in [1.165, 1.54) is 57.8 Å². The average Bonchev–Trinajstić information content (AvgIpc) is 2.99. The van der Waals surface area contributed by atoms with Gasteiger partial charge in [0.05, 0.1) is 0 Å². The molecule has 118 valence electrons. The van der Waals surface area contributed by atoms with E-state index >= 15 is 0 Å². The Morgan fingerprint density at radius 2 is 1.21 bits per heavy atom. The van der Waals surface area contributed by atoms with E-state index in [9.17, 15) is 0 Å². The Balaban J connectivity index is -0.000000215. The van der Waals surface area contributed by atoms with Gasteiger partial charge in [0, 0.05) is 0 Å². The lowest BCUT2D eigenvalue weighted by atomic mass is 9.95. The Hall–Kier alpha value is -0.260. The van der Waals surface area contributed by atoms with Gasteiger partial charge < -0.3 is 0 Å². The first kappa shape index (κ1) is 23.8. The molecule has 0 aromatic heterocycles. The first-order valence-electron chi connectivity index (χ1n) is 8.72. The van der Waals surface area contributed by atoms with Gasteiger partial charge in [0.1, 0.15) is 0 Å². The zero-order chi connectivity index (χ0) is 15.5. The smallest absolute Gasteiger partial charge is 0.0391 e. The van der Waals surface area contributed by atoms with Crippen molar-refractivity contribution >= 4 is 0 Å². The van der Waals surface area contributed by atoms with Crippen LogP contribution < -0.4 is 0 Å². The lowest BCUT2D eigenvalue weighted by Crippen LogP contribution is -2.01. The van der Waals surface area contributed by atoms with Crippen molar-refractivity contribution in [2.24, 2.45) is 11.8 Å². The molecular formula is C19H42. The average molecular weight is 271 g/mol. The molecule has 0 heteroatoms. The maximum absolute atomic E-state index is 3.00. The van der Waals surface area contributed by atoms with Crippen LogP contribution in [0, 0.1) is 11.8 Å². The molecule has 0 amide bonds. The van der Waals surface area contributed by atoms with Crippen molar-refractivity contribution in [3.63, 3.8) is 0 Å². The Morgan fingerprint density at radius 3 is 1.42 bits per heavy atom. The molecule has 0 aromatic rings. The standard InChI is InChI=1S/C8H16.C7H16.C2H6.C2H4/c1-7(2)8-5-3-4-6-8;1-3-5-7-6-4-2;2*1-2/h7-8H,3-6H2,1-2H3;3-7H2,1-2H3;1-2H3;1-2H2. The molecular weight excluding hydrogens is 228 g/mol. The van der Waals surface area contributed by atoms with Gasteiger partial charge in [0.2, 0.25) is 0 Å². The summed E-state index contributed by atoms with van der Waals surface area (Å²) in [6.45, 7) is 19.2. The van der Waals surface area contributed by atoms with E-state index in [4.69, 9.17) is 0 Å². The highest BCUT2D eigenvalue weighted by molar-refractivity contribution is 4.69. The first-order valence-corrected chi connectivity index (χ1v) is 8.72. The highest BCUT2D eigenvalue weighted by atomic mass is 14.2. The minimum Gasteiger partial charge on any atom is -0.106 e. The molecule has 0 aromatic carbocycles. The van der Waals surface area contributed by atoms with E-state index < -0.39 is 0 Å². The normalized spacial score (nSPS) is 13.6. The van der Waals surface area contributed by atoms with Gasteiger partial charge in [-0.05, 0) is 11.8 Å². The van der Waals surface area contributed by atoms with E-state index in [-0.39, 0.29) is 0 Å². The van der Waals surface area contributed by atoms with Crippen LogP contribution in [0.25, 0.3) is 0 Å². The second kappa shape index (κ2) is 22.9. The van der Waals surface area contributed by atoms with E-state index in [0.717, 1.165) is 11.8 Å². The van der Waals surface area contributed by atoms with Crippen molar-refractivity contribution in [2.75, 3.05) is 0 Å². The molecule has 1 aliphatic rings. The number of hydrogen-bond acceptors (Lipinski definition) is 0. The van der Waals surface area contributed by atoms with Crippen molar-refractivity contribution in [1.82, 2.24) is 0 Å². The van der Waals surface area contributed by atoms with Crippen molar-refractivity contribution in [3.8, 4) is 0 Å². The summed E-state index contributed by atoms with van der Waals surface area (Å²) >= 11 is 0.